The zero-order valence-corrected chi connectivity index (χ0v) is 16.4. The number of sulfonamides is 1. The van der Waals surface area contributed by atoms with E-state index < -0.39 is 10.0 Å². The van der Waals surface area contributed by atoms with E-state index in [0.717, 1.165) is 11.3 Å². The second-order valence-corrected chi connectivity index (χ2v) is 7.98. The van der Waals surface area contributed by atoms with Crippen LogP contribution in [0.3, 0.4) is 0 Å². The molecule has 0 saturated heterocycles. The van der Waals surface area contributed by atoms with Gasteiger partial charge < -0.3 is 9.73 Å². The van der Waals surface area contributed by atoms with Crippen LogP contribution in [0.15, 0.2) is 57.8 Å². The van der Waals surface area contributed by atoms with Gasteiger partial charge in [-0.2, -0.15) is 0 Å². The van der Waals surface area contributed by atoms with E-state index in [1.807, 2.05) is 37.3 Å². The molecule has 7 nitrogen and oxygen atoms in total. The summed E-state index contributed by atoms with van der Waals surface area (Å²) in [5.74, 6) is 0.865. The summed E-state index contributed by atoms with van der Waals surface area (Å²) < 4.78 is 28.7. The molecular formula is C20H21N3O4S. The third-order valence-electron chi connectivity index (χ3n) is 4.34. The summed E-state index contributed by atoms with van der Waals surface area (Å²) >= 11 is 0. The van der Waals surface area contributed by atoms with Gasteiger partial charge in [-0.05, 0) is 43.7 Å². The lowest BCUT2D eigenvalue weighted by atomic mass is 10.1. The number of rotatable bonds is 6. The molecule has 28 heavy (non-hydrogen) atoms. The number of amides is 1. The molecule has 0 bridgehead atoms. The monoisotopic (exact) mass is 399 g/mol. The fraction of sp³-hybridized carbons (Fsp3) is 0.200. The number of nitrogens with two attached hydrogens (primary N) is 1. The highest BCUT2D eigenvalue weighted by Crippen LogP contribution is 2.21. The van der Waals surface area contributed by atoms with Gasteiger partial charge in [-0.1, -0.05) is 24.3 Å². The van der Waals surface area contributed by atoms with Crippen molar-refractivity contribution in [2.45, 2.75) is 25.2 Å². The zero-order valence-electron chi connectivity index (χ0n) is 15.6. The maximum Gasteiger partial charge on any atom is 0.251 e. The Balaban J connectivity index is 1.67. The maximum absolute atomic E-state index is 12.5. The fourth-order valence-corrected chi connectivity index (χ4v) is 3.32. The molecule has 0 spiro atoms. The number of carbonyl (C=O) groups is 1. The number of hydrogen-bond donors (Lipinski definition) is 2. The van der Waals surface area contributed by atoms with Crippen molar-refractivity contribution in [3.63, 3.8) is 0 Å². The molecule has 0 aliphatic carbocycles. The highest BCUT2D eigenvalue weighted by atomic mass is 32.2. The molecule has 0 unspecified atom stereocenters. The number of carbonyl (C=O) groups excluding carboxylic acids is 1. The van der Waals surface area contributed by atoms with Crippen LogP contribution in [-0.4, -0.2) is 25.9 Å². The Kier molecular flexibility index (Phi) is 5.62. The molecule has 1 amide bonds. The highest BCUT2D eigenvalue weighted by Gasteiger charge is 2.16. The van der Waals surface area contributed by atoms with E-state index in [-0.39, 0.29) is 16.4 Å². The zero-order chi connectivity index (χ0) is 20.3. The molecule has 0 saturated carbocycles. The van der Waals surface area contributed by atoms with Crippen molar-refractivity contribution in [1.82, 2.24) is 10.3 Å². The third-order valence-corrected chi connectivity index (χ3v) is 5.25. The summed E-state index contributed by atoms with van der Waals surface area (Å²) in [5, 5.41) is 7.93. The molecule has 0 aliphatic rings. The Labute approximate surface area is 163 Å². The van der Waals surface area contributed by atoms with Crippen molar-refractivity contribution in [2.75, 3.05) is 6.54 Å². The maximum atomic E-state index is 12.5. The van der Waals surface area contributed by atoms with Crippen LogP contribution in [-0.2, 0) is 16.4 Å². The molecule has 3 aromatic rings. The lowest BCUT2D eigenvalue weighted by Crippen LogP contribution is -2.27. The topological polar surface area (TPSA) is 115 Å². The van der Waals surface area contributed by atoms with E-state index in [9.17, 15) is 13.2 Å². The number of nitrogens with zero attached hydrogens (tertiary/aromatic N) is 1. The molecule has 1 heterocycles. The molecule has 3 N–H and O–H groups in total. The summed E-state index contributed by atoms with van der Waals surface area (Å²) in [5.41, 5.74) is 2.58. The number of oxazole rings is 1. The molecule has 3 rings (SSSR count). The average molecular weight is 399 g/mol. The van der Waals surface area contributed by atoms with Crippen LogP contribution < -0.4 is 10.5 Å². The van der Waals surface area contributed by atoms with E-state index in [2.05, 4.69) is 10.3 Å². The summed E-state index contributed by atoms with van der Waals surface area (Å²) in [6.07, 6.45) is 0.488. The lowest BCUT2D eigenvalue weighted by Gasteiger charge is -2.09. The molecule has 8 heteroatoms. The van der Waals surface area contributed by atoms with Gasteiger partial charge in [0, 0.05) is 24.1 Å². The van der Waals surface area contributed by atoms with Crippen LogP contribution in [0, 0.1) is 13.8 Å². The predicted molar refractivity (Wildman–Crippen MR) is 105 cm³/mol. The minimum atomic E-state index is -3.87. The van der Waals surface area contributed by atoms with Gasteiger partial charge in [-0.15, -0.1) is 0 Å². The van der Waals surface area contributed by atoms with Crippen LogP contribution in [0.2, 0.25) is 0 Å². The van der Waals surface area contributed by atoms with Crippen LogP contribution in [0.1, 0.15) is 27.4 Å². The van der Waals surface area contributed by atoms with Crippen LogP contribution >= 0.6 is 0 Å². The second kappa shape index (κ2) is 7.95. The highest BCUT2D eigenvalue weighted by molar-refractivity contribution is 7.89. The van der Waals surface area contributed by atoms with Gasteiger partial charge in [0.05, 0.1) is 10.6 Å². The smallest absolute Gasteiger partial charge is 0.251 e. The van der Waals surface area contributed by atoms with Gasteiger partial charge in [0.2, 0.25) is 15.9 Å². The second-order valence-electron chi connectivity index (χ2n) is 6.42. The minimum absolute atomic E-state index is 0.0944. The van der Waals surface area contributed by atoms with Gasteiger partial charge in [0.1, 0.15) is 5.76 Å². The normalized spacial score (nSPS) is 11.4. The number of aromatic nitrogens is 1. The quantitative estimate of drug-likeness (QED) is 0.661. The molecule has 0 aliphatic heterocycles. The van der Waals surface area contributed by atoms with Crippen molar-refractivity contribution in [1.29, 1.82) is 0 Å². The molecule has 0 fully saturated rings. The molecule has 2 aromatic carbocycles. The number of aryl methyl sites for hydroxylation is 2. The standard InChI is InChI=1S/C20H21N3O4S/c1-13-8-9-16(28(21,25)26)12-17(13)19(24)22-11-10-18-14(2)27-20(23-18)15-6-4-3-5-7-15/h3-9,12H,10-11H2,1-2H3,(H,22,24)(H2,21,25,26). The van der Waals surface area contributed by atoms with Crippen molar-refractivity contribution < 1.29 is 17.6 Å². The van der Waals surface area contributed by atoms with Crippen molar-refractivity contribution >= 4 is 15.9 Å². The number of primary sulfonamides is 1. The Morgan fingerprint density at radius 2 is 1.86 bits per heavy atom. The first kappa shape index (κ1) is 19.8. The van der Waals surface area contributed by atoms with Crippen LogP contribution in [0.25, 0.3) is 11.5 Å². The van der Waals surface area contributed by atoms with Gasteiger partial charge >= 0.3 is 0 Å². The minimum Gasteiger partial charge on any atom is -0.441 e. The molecular weight excluding hydrogens is 378 g/mol. The van der Waals surface area contributed by atoms with Crippen molar-refractivity contribution in [2.24, 2.45) is 5.14 Å². The van der Waals surface area contributed by atoms with Gasteiger partial charge in [0.25, 0.3) is 5.91 Å². The van der Waals surface area contributed by atoms with E-state index in [1.54, 1.807) is 13.0 Å². The Bertz CT molecular complexity index is 1110. The summed E-state index contributed by atoms with van der Waals surface area (Å²) in [6.45, 7) is 3.89. The van der Waals surface area contributed by atoms with Gasteiger partial charge in [0.15, 0.2) is 0 Å². The first-order valence-corrected chi connectivity index (χ1v) is 10.2. The molecule has 0 radical (unpaired) electrons. The average Bonchev–Trinajstić information content (AvgIpc) is 3.02. The van der Waals surface area contributed by atoms with Crippen LogP contribution in [0.4, 0.5) is 0 Å². The SMILES string of the molecule is Cc1ccc(S(N)(=O)=O)cc1C(=O)NCCc1nc(-c2ccccc2)oc1C. The van der Waals surface area contributed by atoms with E-state index in [1.165, 1.54) is 12.1 Å². The summed E-state index contributed by atoms with van der Waals surface area (Å²) in [6, 6.07) is 13.8. The van der Waals surface area contributed by atoms with Gasteiger partial charge in [-0.25, -0.2) is 18.5 Å². The Morgan fingerprint density at radius 3 is 2.54 bits per heavy atom. The van der Waals surface area contributed by atoms with Crippen LogP contribution in [0.5, 0.6) is 0 Å². The number of hydrogen-bond acceptors (Lipinski definition) is 5. The summed E-state index contributed by atoms with van der Waals surface area (Å²) in [7, 11) is -3.87. The predicted octanol–water partition coefficient (Wildman–Crippen LogP) is 2.58. The first-order chi connectivity index (χ1) is 13.3. The summed E-state index contributed by atoms with van der Waals surface area (Å²) in [4.78, 5) is 16.9. The van der Waals surface area contributed by atoms with E-state index in [0.29, 0.717) is 30.2 Å². The third kappa shape index (κ3) is 4.47. The Hall–Kier alpha value is -2.97. The van der Waals surface area contributed by atoms with Crippen molar-refractivity contribution in [3.05, 3.63) is 71.1 Å². The first-order valence-electron chi connectivity index (χ1n) is 8.69. The molecule has 1 aromatic heterocycles. The van der Waals surface area contributed by atoms with Gasteiger partial charge in [-0.3, -0.25) is 4.79 Å². The molecule has 0 atom stereocenters. The largest absolute Gasteiger partial charge is 0.441 e. The number of benzene rings is 2. The number of nitrogens with one attached hydrogen (secondary N) is 1. The Morgan fingerprint density at radius 1 is 1.14 bits per heavy atom. The fourth-order valence-electron chi connectivity index (χ4n) is 2.78. The van der Waals surface area contributed by atoms with E-state index in [4.69, 9.17) is 9.56 Å². The lowest BCUT2D eigenvalue weighted by molar-refractivity contribution is 0.0953. The molecule has 146 valence electrons. The van der Waals surface area contributed by atoms with Crippen molar-refractivity contribution in [3.8, 4) is 11.5 Å². The van der Waals surface area contributed by atoms with E-state index >= 15 is 0 Å².